The highest BCUT2D eigenvalue weighted by Crippen LogP contribution is 2.20. The van der Waals surface area contributed by atoms with Crippen molar-refractivity contribution in [3.05, 3.63) is 35.8 Å². The molecule has 1 aliphatic rings. The molecule has 3 heterocycles. The van der Waals surface area contributed by atoms with Gasteiger partial charge in [0.2, 0.25) is 0 Å². The Kier molecular flexibility index (Phi) is 3.08. The van der Waals surface area contributed by atoms with Gasteiger partial charge in [0.25, 0.3) is 0 Å². The zero-order valence-corrected chi connectivity index (χ0v) is 11.3. The zero-order chi connectivity index (χ0) is 12.5. The van der Waals surface area contributed by atoms with Crippen molar-refractivity contribution < 1.29 is 0 Å². The second kappa shape index (κ2) is 4.73. The molecule has 0 amide bonds. The van der Waals surface area contributed by atoms with Crippen LogP contribution in [0.15, 0.2) is 24.4 Å². The number of fused-ring (bicyclic) bond motifs is 1. The number of likely N-dealkylation sites (N-methyl/N-ethyl adjacent to an activating group) is 1. The van der Waals surface area contributed by atoms with Crippen LogP contribution in [0.2, 0.25) is 0 Å². The van der Waals surface area contributed by atoms with E-state index in [2.05, 4.69) is 47.5 Å². The topological polar surface area (TPSA) is 20.5 Å². The molecule has 0 aromatic carbocycles. The molecule has 96 valence electrons. The van der Waals surface area contributed by atoms with Gasteiger partial charge >= 0.3 is 0 Å². The SMILES string of the molecule is CCN1CCCC1Cc1cn2c(C)cccc2n1. The number of nitrogens with zero attached hydrogens (tertiary/aromatic N) is 3. The molecule has 0 N–H and O–H groups in total. The van der Waals surface area contributed by atoms with Gasteiger partial charge in [-0.2, -0.15) is 0 Å². The van der Waals surface area contributed by atoms with E-state index >= 15 is 0 Å². The van der Waals surface area contributed by atoms with Crippen molar-refractivity contribution in [1.82, 2.24) is 14.3 Å². The Balaban J connectivity index is 1.84. The van der Waals surface area contributed by atoms with Gasteiger partial charge in [0.1, 0.15) is 5.65 Å². The maximum Gasteiger partial charge on any atom is 0.137 e. The van der Waals surface area contributed by atoms with Crippen molar-refractivity contribution in [1.29, 1.82) is 0 Å². The van der Waals surface area contributed by atoms with Crippen molar-refractivity contribution in [2.24, 2.45) is 0 Å². The van der Waals surface area contributed by atoms with Crippen LogP contribution in [0.1, 0.15) is 31.2 Å². The Morgan fingerprint density at radius 2 is 2.28 bits per heavy atom. The lowest BCUT2D eigenvalue weighted by molar-refractivity contribution is 0.265. The Labute approximate surface area is 108 Å². The third-order valence-corrected chi connectivity index (χ3v) is 4.10. The molecule has 1 atom stereocenters. The minimum atomic E-state index is 0.695. The van der Waals surface area contributed by atoms with E-state index in [0.717, 1.165) is 18.6 Å². The smallest absolute Gasteiger partial charge is 0.137 e. The van der Waals surface area contributed by atoms with Gasteiger partial charge in [0.05, 0.1) is 5.69 Å². The summed E-state index contributed by atoms with van der Waals surface area (Å²) in [7, 11) is 0. The van der Waals surface area contributed by atoms with Crippen LogP contribution >= 0.6 is 0 Å². The van der Waals surface area contributed by atoms with Crippen LogP contribution in [-0.4, -0.2) is 33.4 Å². The van der Waals surface area contributed by atoms with Gasteiger partial charge in [-0.15, -0.1) is 0 Å². The highest BCUT2D eigenvalue weighted by molar-refractivity contribution is 5.41. The van der Waals surface area contributed by atoms with E-state index in [-0.39, 0.29) is 0 Å². The molecule has 3 nitrogen and oxygen atoms in total. The molecule has 0 aliphatic carbocycles. The number of aromatic nitrogens is 2. The molecule has 1 unspecified atom stereocenters. The van der Waals surface area contributed by atoms with E-state index in [1.54, 1.807) is 0 Å². The summed E-state index contributed by atoms with van der Waals surface area (Å²) in [4.78, 5) is 7.32. The van der Waals surface area contributed by atoms with Crippen LogP contribution in [0.5, 0.6) is 0 Å². The van der Waals surface area contributed by atoms with Gasteiger partial charge < -0.3 is 9.30 Å². The number of aryl methyl sites for hydroxylation is 1. The average molecular weight is 243 g/mol. The highest BCUT2D eigenvalue weighted by Gasteiger charge is 2.23. The van der Waals surface area contributed by atoms with Crippen LogP contribution in [0.4, 0.5) is 0 Å². The van der Waals surface area contributed by atoms with Gasteiger partial charge in [-0.3, -0.25) is 0 Å². The standard InChI is InChI=1S/C15H21N3/c1-3-17-9-5-7-14(17)10-13-11-18-12(2)6-4-8-15(18)16-13/h4,6,8,11,14H,3,5,7,9-10H2,1-2H3. The number of likely N-dealkylation sites (tertiary alicyclic amines) is 1. The molecular weight excluding hydrogens is 222 g/mol. The van der Waals surface area contributed by atoms with Gasteiger partial charge in [-0.25, -0.2) is 4.98 Å². The van der Waals surface area contributed by atoms with E-state index in [9.17, 15) is 0 Å². The van der Waals surface area contributed by atoms with Gasteiger partial charge in [0, 0.05) is 24.4 Å². The summed E-state index contributed by atoms with van der Waals surface area (Å²) in [5.74, 6) is 0. The fraction of sp³-hybridized carbons (Fsp3) is 0.533. The van der Waals surface area contributed by atoms with Crippen LogP contribution in [0.25, 0.3) is 5.65 Å². The van der Waals surface area contributed by atoms with Crippen LogP contribution in [0, 0.1) is 6.92 Å². The monoisotopic (exact) mass is 243 g/mol. The first-order valence-electron chi connectivity index (χ1n) is 6.95. The van der Waals surface area contributed by atoms with E-state index in [0.29, 0.717) is 6.04 Å². The molecule has 0 radical (unpaired) electrons. The van der Waals surface area contributed by atoms with Crippen LogP contribution < -0.4 is 0 Å². The van der Waals surface area contributed by atoms with Crippen molar-refractivity contribution in [2.45, 2.75) is 39.2 Å². The number of rotatable bonds is 3. The lowest BCUT2D eigenvalue weighted by atomic mass is 10.1. The summed E-state index contributed by atoms with van der Waals surface area (Å²) in [5.41, 5.74) is 3.56. The molecule has 1 fully saturated rings. The summed E-state index contributed by atoms with van der Waals surface area (Å²) in [6, 6.07) is 6.99. The summed E-state index contributed by atoms with van der Waals surface area (Å²) in [6.07, 6.45) is 5.96. The van der Waals surface area contributed by atoms with E-state index in [1.165, 1.54) is 30.8 Å². The minimum absolute atomic E-state index is 0.695. The first kappa shape index (κ1) is 11.7. The molecular formula is C15H21N3. The van der Waals surface area contributed by atoms with E-state index in [4.69, 9.17) is 4.98 Å². The quantitative estimate of drug-likeness (QED) is 0.826. The lowest BCUT2D eigenvalue weighted by Gasteiger charge is -2.21. The molecule has 0 spiro atoms. The molecule has 1 saturated heterocycles. The van der Waals surface area contributed by atoms with Crippen molar-refractivity contribution in [3.63, 3.8) is 0 Å². The first-order valence-corrected chi connectivity index (χ1v) is 6.95. The predicted octanol–water partition coefficient (Wildman–Crippen LogP) is 2.67. The number of pyridine rings is 1. The fourth-order valence-corrected chi connectivity index (χ4v) is 3.08. The van der Waals surface area contributed by atoms with Crippen LogP contribution in [0.3, 0.4) is 0 Å². The molecule has 1 aliphatic heterocycles. The number of imidazole rings is 1. The Bertz CT molecular complexity index is 544. The van der Waals surface area contributed by atoms with Crippen LogP contribution in [-0.2, 0) is 6.42 Å². The maximum atomic E-state index is 4.74. The second-order valence-electron chi connectivity index (χ2n) is 5.26. The third kappa shape index (κ3) is 2.03. The molecule has 0 bridgehead atoms. The van der Waals surface area contributed by atoms with Crippen molar-refractivity contribution >= 4 is 5.65 Å². The second-order valence-corrected chi connectivity index (χ2v) is 5.26. The fourth-order valence-electron chi connectivity index (χ4n) is 3.08. The lowest BCUT2D eigenvalue weighted by Crippen LogP contribution is -2.30. The van der Waals surface area contributed by atoms with Gasteiger partial charge in [0.15, 0.2) is 0 Å². The Morgan fingerprint density at radius 3 is 3.06 bits per heavy atom. The molecule has 18 heavy (non-hydrogen) atoms. The normalized spacial score (nSPS) is 20.9. The first-order chi connectivity index (χ1) is 8.78. The molecule has 0 saturated carbocycles. The highest BCUT2D eigenvalue weighted by atomic mass is 15.2. The third-order valence-electron chi connectivity index (χ3n) is 4.10. The van der Waals surface area contributed by atoms with Gasteiger partial charge in [-0.05, 0) is 45.0 Å². The van der Waals surface area contributed by atoms with E-state index in [1.807, 2.05) is 0 Å². The largest absolute Gasteiger partial charge is 0.304 e. The molecule has 2 aromatic rings. The Hall–Kier alpha value is -1.35. The Morgan fingerprint density at radius 1 is 1.39 bits per heavy atom. The maximum absolute atomic E-state index is 4.74. The average Bonchev–Trinajstić information content (AvgIpc) is 2.96. The minimum Gasteiger partial charge on any atom is -0.304 e. The summed E-state index contributed by atoms with van der Waals surface area (Å²) < 4.78 is 2.20. The molecule has 3 heteroatoms. The number of hydrogen-bond donors (Lipinski definition) is 0. The van der Waals surface area contributed by atoms with Gasteiger partial charge in [-0.1, -0.05) is 13.0 Å². The van der Waals surface area contributed by atoms with Crippen molar-refractivity contribution in [3.8, 4) is 0 Å². The number of hydrogen-bond acceptors (Lipinski definition) is 2. The van der Waals surface area contributed by atoms with E-state index < -0.39 is 0 Å². The summed E-state index contributed by atoms with van der Waals surface area (Å²) in [5, 5.41) is 0. The predicted molar refractivity (Wildman–Crippen MR) is 73.9 cm³/mol. The zero-order valence-electron chi connectivity index (χ0n) is 11.3. The summed E-state index contributed by atoms with van der Waals surface area (Å²) in [6.45, 7) is 6.81. The summed E-state index contributed by atoms with van der Waals surface area (Å²) >= 11 is 0. The molecule has 3 rings (SSSR count). The molecule has 2 aromatic heterocycles. The van der Waals surface area contributed by atoms with Crippen molar-refractivity contribution in [2.75, 3.05) is 13.1 Å².